The molecule has 0 bridgehead atoms. The van der Waals surface area contributed by atoms with Crippen LogP contribution in [0.3, 0.4) is 0 Å². The number of carbonyl (C=O) groups is 1. The van der Waals surface area contributed by atoms with Crippen molar-refractivity contribution in [2.45, 2.75) is 45.6 Å². The van der Waals surface area contributed by atoms with Gasteiger partial charge in [-0.3, -0.25) is 4.79 Å². The Morgan fingerprint density at radius 1 is 1.31 bits per heavy atom. The lowest BCUT2D eigenvalue weighted by molar-refractivity contribution is -0.112. The lowest BCUT2D eigenvalue weighted by Crippen LogP contribution is -2.45. The number of nitrogens with one attached hydrogen (secondary N) is 1. The fourth-order valence-electron chi connectivity index (χ4n) is 3.93. The number of rotatable bonds is 3. The molecule has 0 radical (unpaired) electrons. The van der Waals surface area contributed by atoms with E-state index >= 15 is 0 Å². The summed E-state index contributed by atoms with van der Waals surface area (Å²) in [6.45, 7) is 8.75. The fourth-order valence-corrected chi connectivity index (χ4v) is 4.05. The van der Waals surface area contributed by atoms with Crippen molar-refractivity contribution >= 4 is 35.0 Å². The smallest absolute Gasteiger partial charge is 0.266 e. The van der Waals surface area contributed by atoms with Crippen molar-refractivity contribution in [2.75, 3.05) is 17.3 Å². The molecule has 1 N–H and O–H groups in total. The first-order valence-corrected chi connectivity index (χ1v) is 10.1. The van der Waals surface area contributed by atoms with E-state index in [0.717, 1.165) is 17.5 Å². The summed E-state index contributed by atoms with van der Waals surface area (Å²) in [5.41, 5.74) is 5.15. The average molecular weight is 408 g/mol. The number of nitrogens with zero attached hydrogens (tertiary/aromatic N) is 2. The number of fused-ring (bicyclic) bond motifs is 1. The Bertz CT molecular complexity index is 1020. The van der Waals surface area contributed by atoms with Gasteiger partial charge in [0.25, 0.3) is 5.91 Å². The molecule has 1 amide bonds. The highest BCUT2D eigenvalue weighted by atomic mass is 35.5. The molecular weight excluding hydrogens is 382 g/mol. The lowest BCUT2D eigenvalue weighted by Gasteiger charge is -2.45. The molecule has 2 aromatic rings. The number of amides is 1. The van der Waals surface area contributed by atoms with Gasteiger partial charge in [0, 0.05) is 29.0 Å². The van der Waals surface area contributed by atoms with Gasteiger partial charge in [0.1, 0.15) is 11.6 Å². The summed E-state index contributed by atoms with van der Waals surface area (Å²) in [5.74, 6) is -0.0318. The quantitative estimate of drug-likeness (QED) is 0.507. The minimum atomic E-state index is -0.432. The largest absolute Gasteiger partial charge is 0.369 e. The van der Waals surface area contributed by atoms with Gasteiger partial charge >= 0.3 is 0 Å². The van der Waals surface area contributed by atoms with Crippen LogP contribution < -0.4 is 10.2 Å². The number of benzene rings is 2. The molecule has 1 heterocycles. The molecule has 1 aliphatic rings. The first-order valence-electron chi connectivity index (χ1n) is 9.69. The van der Waals surface area contributed by atoms with Gasteiger partial charge in [0.05, 0.1) is 0 Å². The van der Waals surface area contributed by atoms with E-state index < -0.39 is 5.91 Å². The molecule has 150 valence electrons. The first kappa shape index (κ1) is 21.0. The van der Waals surface area contributed by atoms with Crippen LogP contribution in [0, 0.1) is 18.3 Å². The second-order valence-corrected chi connectivity index (χ2v) is 8.81. The number of halogens is 1. The topological polar surface area (TPSA) is 56.1 Å². The molecule has 2 aromatic carbocycles. The summed E-state index contributed by atoms with van der Waals surface area (Å²) in [4.78, 5) is 14.9. The summed E-state index contributed by atoms with van der Waals surface area (Å²) in [6.07, 6.45) is 2.72. The Balaban J connectivity index is 1.94. The van der Waals surface area contributed by atoms with E-state index in [4.69, 9.17) is 11.6 Å². The Labute approximate surface area is 177 Å². The second-order valence-electron chi connectivity index (χ2n) is 8.38. The predicted octanol–water partition coefficient (Wildman–Crippen LogP) is 5.92. The normalized spacial score (nSPS) is 18.0. The van der Waals surface area contributed by atoms with Crippen LogP contribution in [0.1, 0.15) is 49.8 Å². The zero-order valence-electron chi connectivity index (χ0n) is 17.5. The molecule has 0 aromatic heterocycles. The Morgan fingerprint density at radius 2 is 1.97 bits per heavy atom. The van der Waals surface area contributed by atoms with E-state index in [2.05, 4.69) is 50.2 Å². The molecule has 0 spiro atoms. The van der Waals surface area contributed by atoms with Gasteiger partial charge in [-0.2, -0.15) is 5.26 Å². The van der Waals surface area contributed by atoms with E-state index in [-0.39, 0.29) is 11.1 Å². The van der Waals surface area contributed by atoms with Crippen LogP contribution in [0.4, 0.5) is 11.4 Å². The monoisotopic (exact) mass is 407 g/mol. The SMILES string of the molecule is Cc1cc2c(cc1/C=C(/C#N)C(=O)Nc1ccc(Cl)cc1)C(C)CC(C)(C)N2C. The second kappa shape index (κ2) is 7.93. The summed E-state index contributed by atoms with van der Waals surface area (Å²) in [6, 6.07) is 13.1. The van der Waals surface area contributed by atoms with Gasteiger partial charge in [0.15, 0.2) is 0 Å². The maximum atomic E-state index is 12.6. The molecule has 3 rings (SSSR count). The van der Waals surface area contributed by atoms with Gasteiger partial charge in [-0.1, -0.05) is 18.5 Å². The Morgan fingerprint density at radius 3 is 2.59 bits per heavy atom. The molecular formula is C24H26ClN3O. The molecule has 5 heteroatoms. The number of hydrogen-bond acceptors (Lipinski definition) is 3. The summed E-state index contributed by atoms with van der Waals surface area (Å²) < 4.78 is 0. The first-order chi connectivity index (χ1) is 13.6. The van der Waals surface area contributed by atoms with E-state index in [1.165, 1.54) is 11.3 Å². The van der Waals surface area contributed by atoms with Crippen molar-refractivity contribution in [1.29, 1.82) is 5.26 Å². The van der Waals surface area contributed by atoms with Crippen molar-refractivity contribution in [2.24, 2.45) is 0 Å². The van der Waals surface area contributed by atoms with Gasteiger partial charge in [0.2, 0.25) is 0 Å². The van der Waals surface area contributed by atoms with Crippen molar-refractivity contribution in [3.63, 3.8) is 0 Å². The number of hydrogen-bond donors (Lipinski definition) is 1. The number of carbonyl (C=O) groups excluding carboxylic acids is 1. The third-order valence-electron chi connectivity index (χ3n) is 5.79. The molecule has 29 heavy (non-hydrogen) atoms. The third kappa shape index (κ3) is 4.31. The van der Waals surface area contributed by atoms with Crippen molar-refractivity contribution in [3.05, 3.63) is 63.7 Å². The fraction of sp³-hybridized carbons (Fsp3) is 0.333. The molecule has 4 nitrogen and oxygen atoms in total. The van der Waals surface area contributed by atoms with Gasteiger partial charge in [-0.05, 0) is 92.3 Å². The molecule has 1 aliphatic heterocycles. The molecule has 0 saturated carbocycles. The zero-order chi connectivity index (χ0) is 21.3. The number of aryl methyl sites for hydroxylation is 1. The average Bonchev–Trinajstić information content (AvgIpc) is 2.66. The maximum absolute atomic E-state index is 12.6. The maximum Gasteiger partial charge on any atom is 0.266 e. The van der Waals surface area contributed by atoms with Gasteiger partial charge in [-0.25, -0.2) is 0 Å². The highest BCUT2D eigenvalue weighted by Crippen LogP contribution is 2.43. The van der Waals surface area contributed by atoms with Crippen molar-refractivity contribution in [3.8, 4) is 6.07 Å². The number of nitriles is 1. The minimum Gasteiger partial charge on any atom is -0.369 e. The van der Waals surface area contributed by atoms with E-state index in [0.29, 0.717) is 16.6 Å². The van der Waals surface area contributed by atoms with Crippen LogP contribution in [0.25, 0.3) is 6.08 Å². The molecule has 0 fully saturated rings. The van der Waals surface area contributed by atoms with Gasteiger partial charge in [-0.15, -0.1) is 0 Å². The van der Waals surface area contributed by atoms with E-state index in [9.17, 15) is 10.1 Å². The van der Waals surface area contributed by atoms with Gasteiger partial charge < -0.3 is 10.2 Å². The number of anilines is 2. The molecule has 0 aliphatic carbocycles. The highest BCUT2D eigenvalue weighted by molar-refractivity contribution is 6.30. The van der Waals surface area contributed by atoms with Crippen LogP contribution in [0.2, 0.25) is 5.02 Å². The van der Waals surface area contributed by atoms with Crippen LogP contribution in [-0.2, 0) is 4.79 Å². The minimum absolute atomic E-state index is 0.0696. The predicted molar refractivity (Wildman–Crippen MR) is 120 cm³/mol. The van der Waals surface area contributed by atoms with Crippen LogP contribution in [-0.4, -0.2) is 18.5 Å². The molecule has 1 unspecified atom stereocenters. The summed E-state index contributed by atoms with van der Waals surface area (Å²) in [7, 11) is 2.12. The lowest BCUT2D eigenvalue weighted by atomic mass is 9.79. The van der Waals surface area contributed by atoms with Crippen LogP contribution in [0.15, 0.2) is 42.0 Å². The summed E-state index contributed by atoms with van der Waals surface area (Å²) in [5, 5.41) is 12.9. The van der Waals surface area contributed by atoms with Crippen LogP contribution >= 0.6 is 11.6 Å². The van der Waals surface area contributed by atoms with Crippen molar-refractivity contribution < 1.29 is 4.79 Å². The van der Waals surface area contributed by atoms with E-state index in [1.807, 2.05) is 13.0 Å². The summed E-state index contributed by atoms with van der Waals surface area (Å²) >= 11 is 5.88. The van der Waals surface area contributed by atoms with Crippen molar-refractivity contribution in [1.82, 2.24) is 0 Å². The van der Waals surface area contributed by atoms with Crippen LogP contribution in [0.5, 0.6) is 0 Å². The standard InChI is InChI=1S/C24H26ClN3O/c1-15-10-22-21(16(2)13-24(3,4)28(22)5)12-17(15)11-18(14-26)23(29)27-20-8-6-19(25)7-9-20/h6-12,16H,13H2,1-5H3,(H,27,29)/b18-11-. The highest BCUT2D eigenvalue weighted by Gasteiger charge is 2.34. The Kier molecular flexibility index (Phi) is 5.73. The molecule has 1 atom stereocenters. The third-order valence-corrected chi connectivity index (χ3v) is 6.04. The zero-order valence-corrected chi connectivity index (χ0v) is 18.3. The molecule has 0 saturated heterocycles. The van der Waals surface area contributed by atoms with E-state index in [1.54, 1.807) is 30.3 Å². The Hall–Kier alpha value is -2.77.